The predicted molar refractivity (Wildman–Crippen MR) is 172 cm³/mol. The molecule has 2 aromatic carbocycles. The Kier molecular flexibility index (Phi) is 13.8. The molecule has 0 radical (unpaired) electrons. The largest absolute Gasteiger partial charge is 0.385 e. The molecule has 0 saturated carbocycles. The zero-order chi connectivity index (χ0) is 28.8. The van der Waals surface area contributed by atoms with Crippen LogP contribution in [0.2, 0.25) is 0 Å². The lowest BCUT2D eigenvalue weighted by Crippen LogP contribution is -2.09. The molecular weight excluding hydrogens is 462 g/mol. The second kappa shape index (κ2) is 16.2. The molecule has 0 atom stereocenters. The number of hydrogen-bond acceptors (Lipinski definition) is 3. The quantitative estimate of drug-likeness (QED) is 0.366. The minimum atomic E-state index is 0.754. The summed E-state index contributed by atoms with van der Waals surface area (Å²) in [6, 6.07) is 13.1. The summed E-state index contributed by atoms with van der Waals surface area (Å²) in [4.78, 5) is 4.70. The van der Waals surface area contributed by atoms with Gasteiger partial charge in [0.2, 0.25) is 0 Å². The van der Waals surface area contributed by atoms with Crippen LogP contribution in [0, 0.1) is 13.8 Å². The van der Waals surface area contributed by atoms with Crippen molar-refractivity contribution in [1.29, 1.82) is 0 Å². The van der Waals surface area contributed by atoms with Crippen molar-refractivity contribution in [1.82, 2.24) is 0 Å². The van der Waals surface area contributed by atoms with Crippen molar-refractivity contribution in [2.75, 3.05) is 25.5 Å². The van der Waals surface area contributed by atoms with E-state index in [2.05, 4.69) is 120 Å². The Hall–Kier alpha value is -3.65. The van der Waals surface area contributed by atoms with E-state index in [0.717, 1.165) is 52.2 Å². The number of aliphatic imine (C=N–C) groups is 1. The summed E-state index contributed by atoms with van der Waals surface area (Å²) in [5, 5.41) is 3.49. The molecule has 0 heterocycles. The highest BCUT2D eigenvalue weighted by molar-refractivity contribution is 6.12. The molecule has 3 N–H and O–H groups in total. The molecule has 1 aliphatic carbocycles. The lowest BCUT2D eigenvalue weighted by Gasteiger charge is -2.24. The van der Waals surface area contributed by atoms with Crippen molar-refractivity contribution < 1.29 is 0 Å². The maximum Gasteiger partial charge on any atom is 0.0609 e. The number of nitrogens with one attached hydrogen (secondary N) is 1. The summed E-state index contributed by atoms with van der Waals surface area (Å²) in [7, 11) is 1.50. The van der Waals surface area contributed by atoms with Gasteiger partial charge in [0, 0.05) is 18.8 Å². The average Bonchev–Trinajstić information content (AvgIpc) is 2.95. The Bertz CT molecular complexity index is 1290. The minimum absolute atomic E-state index is 0.754. The highest BCUT2D eigenvalue weighted by atomic mass is 14.9. The topological polar surface area (TPSA) is 50.4 Å². The minimum Gasteiger partial charge on any atom is -0.385 e. The zero-order valence-electron chi connectivity index (χ0n) is 25.0. The molecule has 3 heteroatoms. The summed E-state index contributed by atoms with van der Waals surface area (Å²) < 4.78 is 0. The van der Waals surface area contributed by atoms with E-state index < -0.39 is 0 Å². The Balaban J connectivity index is 0.00000172. The lowest BCUT2D eigenvalue weighted by atomic mass is 9.81. The fraction of sp³-hybridized carbons (Fsp3) is 0.314. The zero-order valence-corrected chi connectivity index (χ0v) is 25.0. The van der Waals surface area contributed by atoms with Crippen molar-refractivity contribution in [3.8, 4) is 0 Å². The van der Waals surface area contributed by atoms with Gasteiger partial charge in [-0.25, -0.2) is 0 Å². The van der Waals surface area contributed by atoms with E-state index in [1.165, 1.54) is 35.0 Å². The molecule has 0 unspecified atom stereocenters. The van der Waals surface area contributed by atoms with Gasteiger partial charge in [0.05, 0.1) is 5.71 Å². The van der Waals surface area contributed by atoms with Gasteiger partial charge in [0.25, 0.3) is 0 Å². The highest BCUT2D eigenvalue weighted by Crippen LogP contribution is 2.40. The van der Waals surface area contributed by atoms with E-state index in [0.29, 0.717) is 0 Å². The molecule has 1 aliphatic rings. The third-order valence-corrected chi connectivity index (χ3v) is 6.26. The molecule has 0 spiro atoms. The molecule has 0 bridgehead atoms. The van der Waals surface area contributed by atoms with Crippen LogP contribution in [0.5, 0.6) is 0 Å². The molecule has 3 rings (SSSR count). The monoisotopic (exact) mass is 509 g/mol. The van der Waals surface area contributed by atoms with Crippen LogP contribution in [-0.4, -0.2) is 25.8 Å². The van der Waals surface area contributed by atoms with Crippen molar-refractivity contribution in [2.24, 2.45) is 10.7 Å². The van der Waals surface area contributed by atoms with Crippen molar-refractivity contribution >= 4 is 22.5 Å². The molecule has 0 aromatic heterocycles. The van der Waals surface area contributed by atoms with E-state index in [-0.39, 0.29) is 0 Å². The number of nitrogens with two attached hydrogens (primary N) is 1. The van der Waals surface area contributed by atoms with Crippen LogP contribution in [0.4, 0.5) is 5.69 Å². The summed E-state index contributed by atoms with van der Waals surface area (Å²) in [6.45, 7) is 26.5. The normalized spacial score (nSPS) is 14.5. The highest BCUT2D eigenvalue weighted by Gasteiger charge is 2.22. The van der Waals surface area contributed by atoms with Gasteiger partial charge in [-0.15, -0.1) is 5.73 Å². The van der Waals surface area contributed by atoms with E-state index in [9.17, 15) is 0 Å². The summed E-state index contributed by atoms with van der Waals surface area (Å²) in [5.74, 6) is 0. The summed E-state index contributed by atoms with van der Waals surface area (Å²) in [6.07, 6.45) is 6.37. The van der Waals surface area contributed by atoms with Crippen LogP contribution in [0.25, 0.3) is 11.1 Å². The van der Waals surface area contributed by atoms with Gasteiger partial charge in [0.1, 0.15) is 0 Å². The average molecular weight is 510 g/mol. The molecule has 3 nitrogen and oxygen atoms in total. The number of nitrogens with zero attached hydrogens (tertiary/aromatic N) is 1. The molecule has 2 aromatic rings. The number of aryl methyl sites for hydroxylation is 2. The molecule has 0 fully saturated rings. The Morgan fingerprint density at radius 2 is 1.61 bits per heavy atom. The first-order valence-electron chi connectivity index (χ1n) is 13.6. The third kappa shape index (κ3) is 7.44. The van der Waals surface area contributed by atoms with Crippen molar-refractivity contribution in [3.63, 3.8) is 0 Å². The number of benzene rings is 2. The van der Waals surface area contributed by atoms with Crippen LogP contribution < -0.4 is 11.1 Å². The number of anilines is 1. The SMILES string of the molecule is C=C=C(C)c1ccccc1/C(=C1\C=C(C)C(=NCC)C=C1C=C)c1cc(C)c(NCC)cc1C.CC.CN. The maximum absolute atomic E-state index is 4.70. The first kappa shape index (κ1) is 32.4. The Morgan fingerprint density at radius 3 is 2.16 bits per heavy atom. The van der Waals surface area contributed by atoms with Gasteiger partial charge in [-0.2, -0.15) is 0 Å². The van der Waals surface area contributed by atoms with E-state index in [1.54, 1.807) is 0 Å². The fourth-order valence-corrected chi connectivity index (χ4v) is 4.46. The van der Waals surface area contributed by atoms with E-state index in [1.807, 2.05) is 19.9 Å². The van der Waals surface area contributed by atoms with Gasteiger partial charge in [0.15, 0.2) is 0 Å². The first-order valence-corrected chi connectivity index (χ1v) is 13.6. The maximum atomic E-state index is 4.70. The molecule has 202 valence electrons. The Labute approximate surface area is 232 Å². The first-order chi connectivity index (χ1) is 18.4. The van der Waals surface area contributed by atoms with Crippen LogP contribution in [-0.2, 0) is 0 Å². The van der Waals surface area contributed by atoms with Gasteiger partial charge in [-0.05, 0) is 129 Å². The fourth-order valence-electron chi connectivity index (χ4n) is 4.46. The van der Waals surface area contributed by atoms with E-state index in [4.69, 9.17) is 4.99 Å². The molecule has 0 aliphatic heterocycles. The van der Waals surface area contributed by atoms with Gasteiger partial charge >= 0.3 is 0 Å². The van der Waals surface area contributed by atoms with E-state index >= 15 is 0 Å². The predicted octanol–water partition coefficient (Wildman–Crippen LogP) is 8.86. The summed E-state index contributed by atoms with van der Waals surface area (Å²) in [5.41, 5.74) is 21.4. The van der Waals surface area contributed by atoms with Crippen molar-refractivity contribution in [2.45, 2.75) is 55.4 Å². The molecule has 0 saturated heterocycles. The second-order valence-electron chi connectivity index (χ2n) is 8.64. The number of hydrogen-bond donors (Lipinski definition) is 2. The molecule has 38 heavy (non-hydrogen) atoms. The molecular formula is C35H47N3. The lowest BCUT2D eigenvalue weighted by molar-refractivity contribution is 1.13. The van der Waals surface area contributed by atoms with Gasteiger partial charge in [-0.3, -0.25) is 4.99 Å². The standard InChI is InChI=1S/C32H36N2.C2H6.CH5N/c1-9-21(5)26-15-13-14-16-27(26)32(28-17-23(7)30(33-11-3)19-22(28)6)29-18-24(8)31(34-12-4)20-25(29)10-2;2*1-2/h10,13-20,33H,1-2,11-12H2,3-8H3;1-2H3;2H2,1H3/b32-29-,34-31?;;. The van der Waals surface area contributed by atoms with Gasteiger partial charge < -0.3 is 11.1 Å². The second-order valence-corrected chi connectivity index (χ2v) is 8.64. The van der Waals surface area contributed by atoms with Crippen LogP contribution in [0.15, 0.2) is 95.2 Å². The Morgan fingerprint density at radius 1 is 0.974 bits per heavy atom. The van der Waals surface area contributed by atoms with Crippen molar-refractivity contribution in [3.05, 3.63) is 118 Å². The van der Waals surface area contributed by atoms with Crippen LogP contribution in [0.3, 0.4) is 0 Å². The van der Waals surface area contributed by atoms with Crippen LogP contribution in [0.1, 0.15) is 69.4 Å². The summed E-state index contributed by atoms with van der Waals surface area (Å²) >= 11 is 0. The van der Waals surface area contributed by atoms with Gasteiger partial charge in [-0.1, -0.05) is 57.3 Å². The number of allylic oxidation sites excluding steroid dienone is 7. The number of rotatable bonds is 7. The molecule has 0 amide bonds. The smallest absolute Gasteiger partial charge is 0.0609 e. The third-order valence-electron chi connectivity index (χ3n) is 6.26. The van der Waals surface area contributed by atoms with Crippen LogP contribution >= 0.6 is 0 Å².